The Hall–Kier alpha value is -2.11. The summed E-state index contributed by atoms with van der Waals surface area (Å²) in [6, 6.07) is 13.0. The maximum absolute atomic E-state index is 12.8. The molecule has 1 saturated heterocycles. The summed E-state index contributed by atoms with van der Waals surface area (Å²) in [6.07, 6.45) is 0.626. The van der Waals surface area contributed by atoms with Crippen molar-refractivity contribution in [3.8, 4) is 0 Å². The van der Waals surface area contributed by atoms with E-state index in [1.54, 1.807) is 41.3 Å². The lowest BCUT2D eigenvalue weighted by Crippen LogP contribution is -2.63. The van der Waals surface area contributed by atoms with Gasteiger partial charge < -0.3 is 15.3 Å². The largest absolute Gasteiger partial charge is 0.381 e. The molecule has 1 aliphatic rings. The van der Waals surface area contributed by atoms with E-state index in [0.29, 0.717) is 18.0 Å². The third-order valence-electron chi connectivity index (χ3n) is 4.18. The molecule has 2 aromatic carbocycles. The molecule has 0 radical (unpaired) electrons. The van der Waals surface area contributed by atoms with Crippen molar-refractivity contribution in [2.75, 3.05) is 19.6 Å². The Morgan fingerprint density at radius 2 is 1.79 bits per heavy atom. The molecule has 0 unspecified atom stereocenters. The van der Waals surface area contributed by atoms with Crippen LogP contribution in [0.3, 0.4) is 0 Å². The molecule has 0 aliphatic carbocycles. The molecule has 2 N–H and O–H groups in total. The molecule has 0 atom stereocenters. The monoisotopic (exact) mass is 348 g/mol. The van der Waals surface area contributed by atoms with Crippen molar-refractivity contribution < 1.29 is 14.3 Å². The Morgan fingerprint density at radius 1 is 1.17 bits per heavy atom. The number of amides is 2. The second kappa shape index (κ2) is 6.79. The molecule has 2 amide bonds. The van der Waals surface area contributed by atoms with Gasteiger partial charge in [-0.15, -0.1) is 0 Å². The molecule has 24 heavy (non-hydrogen) atoms. The van der Waals surface area contributed by atoms with Crippen molar-refractivity contribution in [1.82, 2.24) is 10.2 Å². The van der Waals surface area contributed by atoms with Gasteiger partial charge in [-0.3, -0.25) is 0 Å². The van der Waals surface area contributed by atoms with E-state index in [2.05, 4.69) is 5.32 Å². The molecule has 3 rings (SSSR count). The van der Waals surface area contributed by atoms with E-state index in [1.807, 2.05) is 0 Å². The third-order valence-corrected chi connectivity index (χ3v) is 4.43. The highest BCUT2D eigenvalue weighted by molar-refractivity contribution is 6.30. The van der Waals surface area contributed by atoms with Gasteiger partial charge in [0, 0.05) is 11.6 Å². The molecule has 0 aromatic heterocycles. The second-order valence-electron chi connectivity index (χ2n) is 6.00. The Kier molecular flexibility index (Phi) is 4.73. The fraction of sp³-hybridized carbons (Fsp3) is 0.278. The van der Waals surface area contributed by atoms with Crippen LogP contribution in [0, 0.1) is 5.82 Å². The van der Waals surface area contributed by atoms with E-state index in [-0.39, 0.29) is 24.9 Å². The summed E-state index contributed by atoms with van der Waals surface area (Å²) in [5.74, 6) is -0.273. The van der Waals surface area contributed by atoms with Gasteiger partial charge in [-0.25, -0.2) is 9.18 Å². The molecule has 1 aliphatic heterocycles. The van der Waals surface area contributed by atoms with Crippen LogP contribution in [0.5, 0.6) is 0 Å². The van der Waals surface area contributed by atoms with Crippen LogP contribution in [-0.4, -0.2) is 35.7 Å². The molecule has 6 heteroatoms. The van der Waals surface area contributed by atoms with Gasteiger partial charge in [-0.2, -0.15) is 0 Å². The summed E-state index contributed by atoms with van der Waals surface area (Å²) in [7, 11) is 0. The van der Waals surface area contributed by atoms with Gasteiger partial charge in [0.2, 0.25) is 0 Å². The summed E-state index contributed by atoms with van der Waals surface area (Å²) in [4.78, 5) is 13.6. The summed E-state index contributed by atoms with van der Waals surface area (Å²) in [5.41, 5.74) is 0.694. The Bertz CT molecular complexity index is 713. The maximum atomic E-state index is 12.8. The molecular weight excluding hydrogens is 331 g/mol. The maximum Gasteiger partial charge on any atom is 0.317 e. The molecule has 1 heterocycles. The number of carbonyl (C=O) groups excluding carboxylic acids is 1. The van der Waals surface area contributed by atoms with Crippen molar-refractivity contribution in [1.29, 1.82) is 0 Å². The quantitative estimate of drug-likeness (QED) is 0.892. The zero-order valence-electron chi connectivity index (χ0n) is 13.0. The average molecular weight is 349 g/mol. The van der Waals surface area contributed by atoms with Crippen LogP contribution in [0.4, 0.5) is 9.18 Å². The van der Waals surface area contributed by atoms with Crippen molar-refractivity contribution in [3.05, 3.63) is 70.5 Å². The first-order chi connectivity index (χ1) is 11.5. The standard InChI is InChI=1S/C18H18ClFN2O2/c19-15-5-3-14(4-6-15)18(24)11-22(12-18)17(23)21-10-9-13-1-7-16(20)8-2-13/h1-8,24H,9-12H2,(H,21,23). The number of likely N-dealkylation sites (tertiary alicyclic amines) is 1. The van der Waals surface area contributed by atoms with Gasteiger partial charge in [-0.05, 0) is 41.8 Å². The van der Waals surface area contributed by atoms with E-state index in [0.717, 1.165) is 11.1 Å². The van der Waals surface area contributed by atoms with E-state index >= 15 is 0 Å². The molecule has 2 aromatic rings. The van der Waals surface area contributed by atoms with Gasteiger partial charge in [-0.1, -0.05) is 35.9 Å². The van der Waals surface area contributed by atoms with Gasteiger partial charge in [0.15, 0.2) is 0 Å². The van der Waals surface area contributed by atoms with Crippen molar-refractivity contribution in [3.63, 3.8) is 0 Å². The van der Waals surface area contributed by atoms with E-state index < -0.39 is 5.60 Å². The number of benzene rings is 2. The highest BCUT2D eigenvalue weighted by atomic mass is 35.5. The van der Waals surface area contributed by atoms with E-state index in [9.17, 15) is 14.3 Å². The topological polar surface area (TPSA) is 52.6 Å². The Morgan fingerprint density at radius 3 is 2.42 bits per heavy atom. The fourth-order valence-corrected chi connectivity index (χ4v) is 2.87. The zero-order valence-corrected chi connectivity index (χ0v) is 13.8. The summed E-state index contributed by atoms with van der Waals surface area (Å²) in [6.45, 7) is 0.953. The van der Waals surface area contributed by atoms with Gasteiger partial charge in [0.25, 0.3) is 0 Å². The molecule has 126 valence electrons. The van der Waals surface area contributed by atoms with Crippen molar-refractivity contribution >= 4 is 17.6 Å². The Balaban J connectivity index is 1.46. The minimum atomic E-state index is -1.01. The van der Waals surface area contributed by atoms with Crippen LogP contribution < -0.4 is 5.32 Å². The molecule has 0 spiro atoms. The molecule has 0 saturated carbocycles. The van der Waals surface area contributed by atoms with Crippen molar-refractivity contribution in [2.45, 2.75) is 12.0 Å². The number of halogens is 2. The minimum absolute atomic E-state index is 0.212. The molecular formula is C18H18ClFN2O2. The number of hydrogen-bond acceptors (Lipinski definition) is 2. The summed E-state index contributed by atoms with van der Waals surface area (Å²) < 4.78 is 12.8. The third kappa shape index (κ3) is 3.68. The van der Waals surface area contributed by atoms with Crippen molar-refractivity contribution in [2.24, 2.45) is 0 Å². The highest BCUT2D eigenvalue weighted by Crippen LogP contribution is 2.32. The zero-order chi connectivity index (χ0) is 17.2. The summed E-state index contributed by atoms with van der Waals surface area (Å²) >= 11 is 5.84. The predicted octanol–water partition coefficient (Wildman–Crippen LogP) is 2.93. The number of β-amino-alcohol motifs (C(OH)–C–C–N with tert-alkyl or cyclic N) is 1. The lowest BCUT2D eigenvalue weighted by atomic mass is 9.86. The van der Waals surface area contributed by atoms with Crippen LogP contribution >= 0.6 is 11.6 Å². The predicted molar refractivity (Wildman–Crippen MR) is 90.4 cm³/mol. The molecule has 4 nitrogen and oxygen atoms in total. The number of nitrogens with one attached hydrogen (secondary N) is 1. The average Bonchev–Trinajstić information content (AvgIpc) is 2.54. The number of carbonyl (C=O) groups is 1. The van der Waals surface area contributed by atoms with Crippen LogP contribution in [0.2, 0.25) is 5.02 Å². The highest BCUT2D eigenvalue weighted by Gasteiger charge is 2.44. The van der Waals surface area contributed by atoms with Crippen LogP contribution in [0.1, 0.15) is 11.1 Å². The summed E-state index contributed by atoms with van der Waals surface area (Å²) in [5, 5.41) is 13.9. The first-order valence-corrected chi connectivity index (χ1v) is 8.10. The van der Waals surface area contributed by atoms with Gasteiger partial charge >= 0.3 is 6.03 Å². The fourth-order valence-electron chi connectivity index (χ4n) is 2.75. The minimum Gasteiger partial charge on any atom is -0.381 e. The number of urea groups is 1. The second-order valence-corrected chi connectivity index (χ2v) is 6.44. The molecule has 0 bridgehead atoms. The number of nitrogens with zero attached hydrogens (tertiary/aromatic N) is 1. The van der Waals surface area contributed by atoms with E-state index in [1.165, 1.54) is 12.1 Å². The smallest absolute Gasteiger partial charge is 0.317 e. The first-order valence-electron chi connectivity index (χ1n) is 7.72. The lowest BCUT2D eigenvalue weighted by molar-refractivity contribution is -0.0815. The Labute approximate surface area is 144 Å². The van der Waals surface area contributed by atoms with Crippen LogP contribution in [-0.2, 0) is 12.0 Å². The lowest BCUT2D eigenvalue weighted by Gasteiger charge is -2.46. The van der Waals surface area contributed by atoms with Crippen LogP contribution in [0.15, 0.2) is 48.5 Å². The molecule has 1 fully saturated rings. The van der Waals surface area contributed by atoms with Gasteiger partial charge in [0.1, 0.15) is 11.4 Å². The number of rotatable bonds is 4. The van der Waals surface area contributed by atoms with Gasteiger partial charge in [0.05, 0.1) is 13.1 Å². The first kappa shape index (κ1) is 16.7. The number of hydrogen-bond donors (Lipinski definition) is 2. The van der Waals surface area contributed by atoms with Crippen LogP contribution in [0.25, 0.3) is 0 Å². The number of aliphatic hydroxyl groups is 1. The SMILES string of the molecule is O=C(NCCc1ccc(F)cc1)N1CC(O)(c2ccc(Cl)cc2)C1. The van der Waals surface area contributed by atoms with E-state index in [4.69, 9.17) is 11.6 Å². The normalized spacial score (nSPS) is 15.7.